The van der Waals surface area contributed by atoms with Crippen LogP contribution in [0.15, 0.2) is 59.9 Å². The second-order valence-electron chi connectivity index (χ2n) is 6.86. The van der Waals surface area contributed by atoms with Gasteiger partial charge in [-0.1, -0.05) is 0 Å². The molecular formula is C20H12F5N5O3S. The normalized spacial score (nSPS) is 12.0. The lowest BCUT2D eigenvalue weighted by Gasteiger charge is -2.14. The van der Waals surface area contributed by atoms with Crippen molar-refractivity contribution in [1.82, 2.24) is 15.0 Å². The molecule has 0 saturated carbocycles. The van der Waals surface area contributed by atoms with Crippen LogP contribution in [-0.4, -0.2) is 29.3 Å². The molecule has 2 heterocycles. The fourth-order valence-electron chi connectivity index (χ4n) is 2.91. The second kappa shape index (κ2) is 8.37. The summed E-state index contributed by atoms with van der Waals surface area (Å²) in [5, 5.41) is 2.01. The predicted octanol–water partition coefficient (Wildman–Crippen LogP) is 4.31. The number of benzene rings is 2. The van der Waals surface area contributed by atoms with E-state index in [0.29, 0.717) is 41.5 Å². The van der Waals surface area contributed by atoms with Crippen LogP contribution in [0.4, 0.5) is 33.3 Å². The lowest BCUT2D eigenvalue weighted by atomic mass is 10.2. The number of hydrogen-bond donors (Lipinski definition) is 3. The number of imidazole rings is 1. The molecule has 0 unspecified atom stereocenters. The van der Waals surface area contributed by atoms with Gasteiger partial charge in [0.15, 0.2) is 11.5 Å². The molecule has 0 radical (unpaired) electrons. The van der Waals surface area contributed by atoms with Crippen molar-refractivity contribution < 1.29 is 35.2 Å². The number of carbonyl (C=O) groups is 1. The molecule has 4 aromatic rings. The van der Waals surface area contributed by atoms with Gasteiger partial charge < -0.3 is 10.3 Å². The first-order valence-corrected chi connectivity index (χ1v) is 10.7. The van der Waals surface area contributed by atoms with Crippen LogP contribution >= 0.6 is 0 Å². The lowest BCUT2D eigenvalue weighted by Crippen LogP contribution is -2.18. The molecule has 0 atom stereocenters. The van der Waals surface area contributed by atoms with Gasteiger partial charge in [0.05, 0.1) is 28.0 Å². The molecule has 0 aliphatic rings. The maximum Gasteiger partial charge on any atom is 0.416 e. The van der Waals surface area contributed by atoms with Crippen molar-refractivity contribution in [2.75, 3.05) is 10.0 Å². The third-order valence-electron chi connectivity index (χ3n) is 4.60. The van der Waals surface area contributed by atoms with Crippen LogP contribution in [0.25, 0.3) is 11.2 Å². The summed E-state index contributed by atoms with van der Waals surface area (Å²) in [6.07, 6.45) is -2.20. The quantitative estimate of drug-likeness (QED) is 0.356. The molecule has 34 heavy (non-hydrogen) atoms. The summed E-state index contributed by atoms with van der Waals surface area (Å²) in [5.41, 5.74) is -2.13. The number of hydrogen-bond acceptors (Lipinski definition) is 5. The van der Waals surface area contributed by atoms with E-state index in [1.54, 1.807) is 0 Å². The van der Waals surface area contributed by atoms with Gasteiger partial charge in [0.25, 0.3) is 15.9 Å². The van der Waals surface area contributed by atoms with Crippen molar-refractivity contribution in [3.8, 4) is 0 Å². The largest absolute Gasteiger partial charge is 0.416 e. The first-order valence-electron chi connectivity index (χ1n) is 9.24. The van der Waals surface area contributed by atoms with E-state index in [4.69, 9.17) is 0 Å². The van der Waals surface area contributed by atoms with E-state index in [2.05, 4.69) is 15.0 Å². The van der Waals surface area contributed by atoms with Gasteiger partial charge in [-0.15, -0.1) is 0 Å². The highest BCUT2D eigenvalue weighted by Crippen LogP contribution is 2.31. The minimum atomic E-state index is -4.68. The number of rotatable bonds is 5. The summed E-state index contributed by atoms with van der Waals surface area (Å²) < 4.78 is 94.1. The lowest BCUT2D eigenvalue weighted by molar-refractivity contribution is -0.137. The summed E-state index contributed by atoms with van der Waals surface area (Å²) in [4.78, 5) is 22.4. The van der Waals surface area contributed by atoms with E-state index < -0.39 is 55.6 Å². The van der Waals surface area contributed by atoms with E-state index >= 15 is 0 Å². The number of amides is 1. The Kier molecular flexibility index (Phi) is 5.69. The summed E-state index contributed by atoms with van der Waals surface area (Å²) in [5.74, 6) is -3.59. The number of fused-ring (bicyclic) bond motifs is 1. The number of carbonyl (C=O) groups excluding carboxylic acids is 1. The van der Waals surface area contributed by atoms with Crippen LogP contribution in [0.3, 0.4) is 0 Å². The molecule has 2 aromatic heterocycles. The molecule has 4 rings (SSSR count). The molecule has 0 aliphatic carbocycles. The minimum Gasteiger partial charge on any atom is -0.329 e. The fourth-order valence-corrected chi connectivity index (χ4v) is 3.97. The molecule has 2 aromatic carbocycles. The Morgan fingerprint density at radius 1 is 1.00 bits per heavy atom. The van der Waals surface area contributed by atoms with E-state index in [9.17, 15) is 35.2 Å². The molecule has 8 nitrogen and oxygen atoms in total. The fraction of sp³-hybridized carbons (Fsp3) is 0.0500. The Morgan fingerprint density at radius 2 is 1.71 bits per heavy atom. The average Bonchev–Trinajstić information content (AvgIpc) is 3.26. The van der Waals surface area contributed by atoms with Crippen LogP contribution in [0, 0.1) is 11.6 Å². The molecular weight excluding hydrogens is 485 g/mol. The molecule has 0 fully saturated rings. The van der Waals surface area contributed by atoms with Gasteiger partial charge in [-0.2, -0.15) is 13.2 Å². The van der Waals surface area contributed by atoms with Gasteiger partial charge in [0.1, 0.15) is 17.0 Å². The summed E-state index contributed by atoms with van der Waals surface area (Å²) in [7, 11) is -4.54. The Balaban J connectivity index is 1.60. The number of pyridine rings is 1. The number of aromatic amines is 1. The van der Waals surface area contributed by atoms with Gasteiger partial charge in [-0.25, -0.2) is 27.2 Å². The second-order valence-corrected chi connectivity index (χ2v) is 8.54. The highest BCUT2D eigenvalue weighted by molar-refractivity contribution is 7.92. The first kappa shape index (κ1) is 23.1. The monoisotopic (exact) mass is 497 g/mol. The number of sulfonamides is 1. The van der Waals surface area contributed by atoms with Crippen LogP contribution < -0.4 is 10.0 Å². The Hall–Kier alpha value is -4.07. The molecule has 0 bridgehead atoms. The smallest absolute Gasteiger partial charge is 0.329 e. The van der Waals surface area contributed by atoms with Gasteiger partial charge >= 0.3 is 6.18 Å². The zero-order valence-corrected chi connectivity index (χ0v) is 17.4. The number of anilines is 2. The maximum absolute atomic E-state index is 14.9. The Labute approximate surface area is 187 Å². The zero-order valence-electron chi connectivity index (χ0n) is 16.6. The number of halogens is 5. The van der Waals surface area contributed by atoms with Crippen LogP contribution in [0.5, 0.6) is 0 Å². The third kappa shape index (κ3) is 4.52. The van der Waals surface area contributed by atoms with Crippen molar-refractivity contribution in [3.05, 3.63) is 77.8 Å². The Bertz CT molecular complexity index is 1500. The molecule has 3 N–H and O–H groups in total. The van der Waals surface area contributed by atoms with Crippen LogP contribution in [-0.2, 0) is 16.2 Å². The standard InChI is InChI=1S/C20H12F5N5O3S/c21-13-5-6-14(30-34(32,33)12-3-1-11(2-4-12)20(23,24)25)16(22)17(13)29-19(31)10-7-15-18(26-8-10)28-9-27-15/h1-9,30H,(H,29,31)(H,26,27,28). The van der Waals surface area contributed by atoms with E-state index in [1.165, 1.54) is 12.4 Å². The minimum absolute atomic E-state index is 0.0749. The number of nitrogens with one attached hydrogen (secondary N) is 3. The predicted molar refractivity (Wildman–Crippen MR) is 110 cm³/mol. The van der Waals surface area contributed by atoms with E-state index in [1.807, 2.05) is 10.0 Å². The summed E-state index contributed by atoms with van der Waals surface area (Å²) in [6.45, 7) is 0. The first-order chi connectivity index (χ1) is 16.0. The Morgan fingerprint density at radius 3 is 2.38 bits per heavy atom. The van der Waals surface area contributed by atoms with Gasteiger partial charge in [-0.05, 0) is 42.5 Å². The average molecular weight is 497 g/mol. The highest BCUT2D eigenvalue weighted by atomic mass is 32.2. The summed E-state index contributed by atoms with van der Waals surface area (Å²) in [6, 6.07) is 5.26. The molecule has 0 saturated heterocycles. The molecule has 0 spiro atoms. The van der Waals surface area contributed by atoms with Crippen molar-refractivity contribution in [2.24, 2.45) is 0 Å². The van der Waals surface area contributed by atoms with Crippen molar-refractivity contribution in [1.29, 1.82) is 0 Å². The van der Waals surface area contributed by atoms with Gasteiger partial charge in [0, 0.05) is 6.20 Å². The highest BCUT2D eigenvalue weighted by Gasteiger charge is 2.31. The van der Waals surface area contributed by atoms with E-state index in [0.717, 1.165) is 12.3 Å². The molecule has 176 valence electrons. The SMILES string of the molecule is O=C(Nc1c(F)ccc(NS(=O)(=O)c2ccc(C(F)(F)F)cc2)c1F)c1cnc2[nH]cnc2c1. The van der Waals surface area contributed by atoms with Crippen LogP contribution in [0.2, 0.25) is 0 Å². The van der Waals surface area contributed by atoms with Crippen molar-refractivity contribution >= 4 is 38.5 Å². The molecule has 1 amide bonds. The molecule has 0 aliphatic heterocycles. The maximum atomic E-state index is 14.9. The zero-order chi connectivity index (χ0) is 24.7. The number of nitrogens with zero attached hydrogens (tertiary/aromatic N) is 2. The van der Waals surface area contributed by atoms with Crippen molar-refractivity contribution in [2.45, 2.75) is 11.1 Å². The number of alkyl halides is 3. The number of H-pyrrole nitrogens is 1. The number of aromatic nitrogens is 3. The van der Waals surface area contributed by atoms with Gasteiger partial charge in [-0.3, -0.25) is 9.52 Å². The van der Waals surface area contributed by atoms with Gasteiger partial charge in [0.2, 0.25) is 0 Å². The molecule has 14 heteroatoms. The topological polar surface area (TPSA) is 117 Å². The summed E-state index contributed by atoms with van der Waals surface area (Å²) >= 11 is 0. The third-order valence-corrected chi connectivity index (χ3v) is 5.98. The van der Waals surface area contributed by atoms with E-state index in [-0.39, 0.29) is 5.56 Å². The van der Waals surface area contributed by atoms with Crippen LogP contribution in [0.1, 0.15) is 15.9 Å². The van der Waals surface area contributed by atoms with Crippen molar-refractivity contribution in [3.63, 3.8) is 0 Å².